The summed E-state index contributed by atoms with van der Waals surface area (Å²) in [5.74, 6) is -0.415. The standard InChI is InChI=1S/C10H12FNO2/c1-2-3-4-8-7-9(11)5-6-10(8)12(13)14/h5-7H,2-4H2,1H3. The van der Waals surface area contributed by atoms with Gasteiger partial charge in [0.15, 0.2) is 0 Å². The van der Waals surface area contributed by atoms with Crippen molar-refractivity contribution in [2.24, 2.45) is 0 Å². The van der Waals surface area contributed by atoms with Gasteiger partial charge in [0.05, 0.1) is 4.92 Å². The highest BCUT2D eigenvalue weighted by Gasteiger charge is 2.13. The Hall–Kier alpha value is -1.45. The molecule has 0 bridgehead atoms. The number of nitro groups is 1. The number of nitrogens with zero attached hydrogens (tertiary/aromatic N) is 1. The molecule has 0 saturated carbocycles. The van der Waals surface area contributed by atoms with Gasteiger partial charge in [-0.1, -0.05) is 13.3 Å². The molecule has 1 aromatic rings. The molecule has 0 aromatic heterocycles. The van der Waals surface area contributed by atoms with Crippen molar-refractivity contribution < 1.29 is 9.31 Å². The molecule has 0 N–H and O–H groups in total. The van der Waals surface area contributed by atoms with Crippen molar-refractivity contribution in [1.29, 1.82) is 0 Å². The minimum atomic E-state index is -0.468. The Morgan fingerprint density at radius 1 is 1.50 bits per heavy atom. The van der Waals surface area contributed by atoms with Crippen molar-refractivity contribution in [2.45, 2.75) is 26.2 Å². The molecule has 3 nitrogen and oxygen atoms in total. The van der Waals surface area contributed by atoms with E-state index < -0.39 is 10.7 Å². The molecular formula is C10H12FNO2. The summed E-state index contributed by atoms with van der Waals surface area (Å²) in [6.45, 7) is 1.99. The number of unbranched alkanes of at least 4 members (excludes halogenated alkanes) is 1. The predicted molar refractivity (Wildman–Crippen MR) is 51.7 cm³/mol. The molecule has 0 amide bonds. The highest BCUT2D eigenvalue weighted by molar-refractivity contribution is 5.40. The Bertz CT molecular complexity index is 339. The maximum Gasteiger partial charge on any atom is 0.272 e. The molecule has 0 aliphatic carbocycles. The number of halogens is 1. The van der Waals surface area contributed by atoms with Crippen molar-refractivity contribution in [1.82, 2.24) is 0 Å². The number of benzene rings is 1. The molecule has 1 rings (SSSR count). The summed E-state index contributed by atoms with van der Waals surface area (Å²) in [6.07, 6.45) is 2.34. The van der Waals surface area contributed by atoms with Crippen molar-refractivity contribution in [3.8, 4) is 0 Å². The summed E-state index contributed by atoms with van der Waals surface area (Å²) in [6, 6.07) is 3.59. The first-order valence-electron chi connectivity index (χ1n) is 4.58. The first-order valence-corrected chi connectivity index (χ1v) is 4.58. The Morgan fingerprint density at radius 3 is 2.79 bits per heavy atom. The van der Waals surface area contributed by atoms with Crippen LogP contribution in [0.3, 0.4) is 0 Å². The van der Waals surface area contributed by atoms with Crippen molar-refractivity contribution in [2.75, 3.05) is 0 Å². The average molecular weight is 197 g/mol. The van der Waals surface area contributed by atoms with E-state index in [1.54, 1.807) is 0 Å². The van der Waals surface area contributed by atoms with Gasteiger partial charge >= 0.3 is 0 Å². The zero-order valence-corrected chi connectivity index (χ0v) is 8.00. The maximum atomic E-state index is 12.8. The smallest absolute Gasteiger partial charge is 0.258 e. The second kappa shape index (κ2) is 4.69. The fourth-order valence-corrected chi connectivity index (χ4v) is 1.30. The molecule has 0 heterocycles. The van der Waals surface area contributed by atoms with Crippen LogP contribution in [0.15, 0.2) is 18.2 Å². The fraction of sp³-hybridized carbons (Fsp3) is 0.400. The topological polar surface area (TPSA) is 43.1 Å². The van der Waals surface area contributed by atoms with Gasteiger partial charge in [-0.2, -0.15) is 0 Å². The summed E-state index contributed by atoms with van der Waals surface area (Å²) in [5, 5.41) is 10.6. The minimum absolute atomic E-state index is 0.0138. The third-order valence-electron chi connectivity index (χ3n) is 2.04. The maximum absolute atomic E-state index is 12.8. The van der Waals surface area contributed by atoms with Gasteiger partial charge in [-0.05, 0) is 25.0 Å². The molecule has 0 fully saturated rings. The molecule has 1 aromatic carbocycles. The Morgan fingerprint density at radius 2 is 2.21 bits per heavy atom. The van der Waals surface area contributed by atoms with Crippen LogP contribution < -0.4 is 0 Å². The van der Waals surface area contributed by atoms with Gasteiger partial charge < -0.3 is 0 Å². The zero-order valence-electron chi connectivity index (χ0n) is 8.00. The normalized spacial score (nSPS) is 10.1. The van der Waals surface area contributed by atoms with Crippen molar-refractivity contribution in [3.63, 3.8) is 0 Å². The molecule has 76 valence electrons. The third kappa shape index (κ3) is 2.52. The number of hydrogen-bond acceptors (Lipinski definition) is 2. The molecular weight excluding hydrogens is 185 g/mol. The molecule has 14 heavy (non-hydrogen) atoms. The fourth-order valence-electron chi connectivity index (χ4n) is 1.30. The Balaban J connectivity index is 2.97. The van der Waals surface area contributed by atoms with Crippen LogP contribution in [0.1, 0.15) is 25.3 Å². The van der Waals surface area contributed by atoms with E-state index in [1.165, 1.54) is 12.1 Å². The largest absolute Gasteiger partial charge is 0.272 e. The van der Waals surface area contributed by atoms with Crippen LogP contribution in [0.5, 0.6) is 0 Å². The van der Waals surface area contributed by atoms with Crippen LogP contribution >= 0.6 is 0 Å². The lowest BCUT2D eigenvalue weighted by Crippen LogP contribution is -1.96. The number of aryl methyl sites for hydroxylation is 1. The van der Waals surface area contributed by atoms with E-state index in [1.807, 2.05) is 6.92 Å². The second-order valence-corrected chi connectivity index (χ2v) is 3.13. The predicted octanol–water partition coefficient (Wildman–Crippen LogP) is 3.08. The van der Waals surface area contributed by atoms with Gasteiger partial charge in [0, 0.05) is 11.6 Å². The quantitative estimate of drug-likeness (QED) is 0.549. The van der Waals surface area contributed by atoms with E-state index in [2.05, 4.69) is 0 Å². The van der Waals surface area contributed by atoms with Crippen LogP contribution in [0.2, 0.25) is 0 Å². The van der Waals surface area contributed by atoms with Gasteiger partial charge in [0.1, 0.15) is 5.82 Å². The zero-order chi connectivity index (χ0) is 10.6. The summed E-state index contributed by atoms with van der Waals surface area (Å²) in [7, 11) is 0. The first-order chi connectivity index (χ1) is 6.65. The first kappa shape index (κ1) is 10.6. The lowest BCUT2D eigenvalue weighted by molar-refractivity contribution is -0.385. The van der Waals surface area contributed by atoms with Gasteiger partial charge in [0.25, 0.3) is 5.69 Å². The summed E-state index contributed by atoms with van der Waals surface area (Å²) in [5.41, 5.74) is 0.497. The highest BCUT2D eigenvalue weighted by Crippen LogP contribution is 2.21. The Kier molecular flexibility index (Phi) is 3.56. The lowest BCUT2D eigenvalue weighted by atomic mass is 10.1. The number of hydrogen-bond donors (Lipinski definition) is 0. The minimum Gasteiger partial charge on any atom is -0.258 e. The van der Waals surface area contributed by atoms with E-state index in [4.69, 9.17) is 0 Å². The van der Waals surface area contributed by atoms with Crippen LogP contribution in [-0.4, -0.2) is 4.92 Å². The summed E-state index contributed by atoms with van der Waals surface area (Å²) in [4.78, 5) is 10.1. The van der Waals surface area contributed by atoms with Gasteiger partial charge in [-0.3, -0.25) is 10.1 Å². The van der Waals surface area contributed by atoms with E-state index in [0.717, 1.165) is 18.9 Å². The monoisotopic (exact) mass is 197 g/mol. The molecule has 0 radical (unpaired) electrons. The lowest BCUT2D eigenvalue weighted by Gasteiger charge is -2.01. The van der Waals surface area contributed by atoms with Crippen LogP contribution in [0.4, 0.5) is 10.1 Å². The molecule has 0 aliphatic heterocycles. The highest BCUT2D eigenvalue weighted by atomic mass is 19.1. The van der Waals surface area contributed by atoms with Gasteiger partial charge in [0.2, 0.25) is 0 Å². The van der Waals surface area contributed by atoms with E-state index >= 15 is 0 Å². The Labute approximate surface area is 81.7 Å². The molecule has 0 spiro atoms. The van der Waals surface area contributed by atoms with E-state index in [0.29, 0.717) is 12.0 Å². The molecule has 4 heteroatoms. The third-order valence-corrected chi connectivity index (χ3v) is 2.04. The molecule has 0 unspecified atom stereocenters. The van der Waals surface area contributed by atoms with Crippen LogP contribution in [0, 0.1) is 15.9 Å². The van der Waals surface area contributed by atoms with Gasteiger partial charge in [-0.25, -0.2) is 4.39 Å². The van der Waals surface area contributed by atoms with Crippen molar-refractivity contribution >= 4 is 5.69 Å². The number of nitro benzene ring substituents is 1. The average Bonchev–Trinajstić information content (AvgIpc) is 2.14. The SMILES string of the molecule is CCCCc1cc(F)ccc1[N+](=O)[O-]. The van der Waals surface area contributed by atoms with E-state index in [-0.39, 0.29) is 5.69 Å². The molecule has 0 aliphatic rings. The molecule has 0 atom stereocenters. The van der Waals surface area contributed by atoms with Crippen molar-refractivity contribution in [3.05, 3.63) is 39.7 Å². The molecule has 0 saturated heterocycles. The van der Waals surface area contributed by atoms with Crippen LogP contribution in [0.25, 0.3) is 0 Å². The van der Waals surface area contributed by atoms with Crippen LogP contribution in [-0.2, 0) is 6.42 Å². The summed E-state index contributed by atoms with van der Waals surface area (Å²) < 4.78 is 12.8. The van der Waals surface area contributed by atoms with E-state index in [9.17, 15) is 14.5 Å². The van der Waals surface area contributed by atoms with Gasteiger partial charge in [-0.15, -0.1) is 0 Å². The number of rotatable bonds is 4. The second-order valence-electron chi connectivity index (χ2n) is 3.13. The summed E-state index contributed by atoms with van der Waals surface area (Å²) >= 11 is 0.